The van der Waals surface area contributed by atoms with E-state index in [0.29, 0.717) is 42.3 Å². The maximum Gasteiger partial charge on any atom is 0.184 e. The van der Waals surface area contributed by atoms with Gasteiger partial charge in [0.1, 0.15) is 11.6 Å². The molecule has 8 heteroatoms. The predicted molar refractivity (Wildman–Crippen MR) is 83.5 cm³/mol. The van der Waals surface area contributed by atoms with Crippen LogP contribution in [0.5, 0.6) is 0 Å². The van der Waals surface area contributed by atoms with E-state index < -0.39 is 0 Å². The summed E-state index contributed by atoms with van der Waals surface area (Å²) in [7, 11) is 0. The second kappa shape index (κ2) is 6.66. The molecule has 0 saturated carbocycles. The monoisotopic (exact) mass is 316 g/mol. The number of fused-ring (bicyclic) bond motifs is 1. The van der Waals surface area contributed by atoms with E-state index >= 15 is 0 Å². The largest absolute Gasteiger partial charge is 0.396 e. The molecule has 120 valence electrons. The lowest BCUT2D eigenvalue weighted by atomic mass is 10.2. The molecule has 0 spiro atoms. The van der Waals surface area contributed by atoms with Crippen molar-refractivity contribution in [3.63, 3.8) is 0 Å². The van der Waals surface area contributed by atoms with Crippen LogP contribution in [0.2, 0.25) is 0 Å². The van der Waals surface area contributed by atoms with E-state index in [9.17, 15) is 4.39 Å². The lowest BCUT2D eigenvalue weighted by Gasteiger charge is -2.06. The predicted octanol–water partition coefficient (Wildman–Crippen LogP) is 1.51. The fourth-order valence-corrected chi connectivity index (χ4v) is 2.24. The zero-order valence-electron chi connectivity index (χ0n) is 12.7. The molecule has 7 nitrogen and oxygen atoms in total. The minimum atomic E-state index is -0.272. The first kappa shape index (κ1) is 15.3. The number of aliphatic hydroxyl groups excluding tert-OH is 1. The van der Waals surface area contributed by atoms with Gasteiger partial charge in [-0.2, -0.15) is 0 Å². The highest BCUT2D eigenvalue weighted by Crippen LogP contribution is 2.18. The van der Waals surface area contributed by atoms with Gasteiger partial charge >= 0.3 is 0 Å². The third-order valence-corrected chi connectivity index (χ3v) is 3.35. The highest BCUT2D eigenvalue weighted by molar-refractivity contribution is 5.82. The van der Waals surface area contributed by atoms with E-state index in [4.69, 9.17) is 5.11 Å². The molecule has 3 rings (SSSR count). The topological polar surface area (TPSA) is 88.8 Å². The van der Waals surface area contributed by atoms with Gasteiger partial charge in [-0.25, -0.2) is 19.0 Å². The first-order valence-corrected chi connectivity index (χ1v) is 7.34. The third kappa shape index (κ3) is 3.42. The normalized spacial score (nSPS) is 11.1. The Morgan fingerprint density at radius 2 is 2.00 bits per heavy atom. The third-order valence-electron chi connectivity index (χ3n) is 3.35. The SMILES string of the molecule is Cc1nc(NCCCO)c2nnn(Cc3ccc(F)cc3)c2n1. The molecule has 0 aliphatic rings. The number of aromatic nitrogens is 5. The number of hydrogen-bond donors (Lipinski definition) is 2. The molecule has 0 aliphatic carbocycles. The molecule has 3 aromatic rings. The summed E-state index contributed by atoms with van der Waals surface area (Å²) in [6.07, 6.45) is 0.619. The van der Waals surface area contributed by atoms with Gasteiger partial charge in [-0.3, -0.25) is 0 Å². The summed E-state index contributed by atoms with van der Waals surface area (Å²) in [4.78, 5) is 8.74. The van der Waals surface area contributed by atoms with Gasteiger partial charge in [0.15, 0.2) is 17.0 Å². The van der Waals surface area contributed by atoms with Crippen LogP contribution in [0.4, 0.5) is 10.2 Å². The number of aryl methyl sites for hydroxylation is 1. The number of hydrogen-bond acceptors (Lipinski definition) is 6. The fraction of sp³-hybridized carbons (Fsp3) is 0.333. The fourth-order valence-electron chi connectivity index (χ4n) is 2.24. The second-order valence-corrected chi connectivity index (χ2v) is 5.17. The van der Waals surface area contributed by atoms with E-state index in [0.717, 1.165) is 5.56 Å². The Morgan fingerprint density at radius 3 is 2.74 bits per heavy atom. The van der Waals surface area contributed by atoms with Crippen LogP contribution < -0.4 is 5.32 Å². The summed E-state index contributed by atoms with van der Waals surface area (Å²) in [6, 6.07) is 6.24. The molecule has 0 radical (unpaired) electrons. The molecule has 23 heavy (non-hydrogen) atoms. The van der Waals surface area contributed by atoms with Gasteiger partial charge in [-0.05, 0) is 31.0 Å². The molecule has 0 bridgehead atoms. The first-order chi connectivity index (χ1) is 11.2. The molecule has 0 saturated heterocycles. The number of rotatable bonds is 6. The summed E-state index contributed by atoms with van der Waals surface area (Å²) in [5.74, 6) is 0.934. The molecule has 0 aliphatic heterocycles. The first-order valence-electron chi connectivity index (χ1n) is 7.34. The summed E-state index contributed by atoms with van der Waals surface area (Å²) >= 11 is 0. The zero-order chi connectivity index (χ0) is 16.2. The molecule has 0 amide bonds. The van der Waals surface area contributed by atoms with Crippen LogP contribution in [0.15, 0.2) is 24.3 Å². The van der Waals surface area contributed by atoms with Crippen molar-refractivity contribution in [3.05, 3.63) is 41.5 Å². The van der Waals surface area contributed by atoms with Crippen LogP contribution in [-0.2, 0) is 6.54 Å². The van der Waals surface area contributed by atoms with Crippen molar-refractivity contribution < 1.29 is 9.50 Å². The zero-order valence-corrected chi connectivity index (χ0v) is 12.7. The summed E-state index contributed by atoms with van der Waals surface area (Å²) < 4.78 is 14.7. The number of halogens is 1. The van der Waals surface area contributed by atoms with Crippen LogP contribution in [0.1, 0.15) is 17.8 Å². The van der Waals surface area contributed by atoms with E-state index in [1.54, 1.807) is 23.7 Å². The van der Waals surface area contributed by atoms with Crippen molar-refractivity contribution in [2.45, 2.75) is 19.9 Å². The van der Waals surface area contributed by atoms with Crippen LogP contribution in [0.25, 0.3) is 11.2 Å². The number of anilines is 1. The van der Waals surface area contributed by atoms with Crippen LogP contribution >= 0.6 is 0 Å². The average molecular weight is 316 g/mol. The van der Waals surface area contributed by atoms with Crippen LogP contribution in [0, 0.1) is 12.7 Å². The van der Waals surface area contributed by atoms with Gasteiger partial charge in [0, 0.05) is 13.2 Å². The van der Waals surface area contributed by atoms with Gasteiger partial charge in [0.05, 0.1) is 6.54 Å². The Morgan fingerprint density at radius 1 is 1.22 bits per heavy atom. The molecule has 1 aromatic carbocycles. The van der Waals surface area contributed by atoms with Crippen molar-refractivity contribution >= 4 is 17.0 Å². The van der Waals surface area contributed by atoms with Gasteiger partial charge in [0.2, 0.25) is 0 Å². The van der Waals surface area contributed by atoms with Crippen molar-refractivity contribution in [3.8, 4) is 0 Å². The minimum absolute atomic E-state index is 0.109. The van der Waals surface area contributed by atoms with Crippen LogP contribution in [-0.4, -0.2) is 43.2 Å². The van der Waals surface area contributed by atoms with Gasteiger partial charge in [0.25, 0.3) is 0 Å². The maximum absolute atomic E-state index is 13.0. The average Bonchev–Trinajstić information content (AvgIpc) is 2.93. The van der Waals surface area contributed by atoms with E-state index in [1.807, 2.05) is 0 Å². The highest BCUT2D eigenvalue weighted by atomic mass is 19.1. The summed E-state index contributed by atoms with van der Waals surface area (Å²) in [5.41, 5.74) is 2.10. The van der Waals surface area contributed by atoms with Crippen LogP contribution in [0.3, 0.4) is 0 Å². The Hall–Kier alpha value is -2.61. The van der Waals surface area contributed by atoms with Crippen molar-refractivity contribution in [1.29, 1.82) is 0 Å². The number of nitrogens with one attached hydrogen (secondary N) is 1. The molecule has 0 fully saturated rings. The standard InChI is InChI=1S/C15H17FN6O/c1-10-18-14(17-7-2-8-23)13-15(19-10)22(21-20-13)9-11-3-5-12(16)6-4-11/h3-6,23H,2,7-9H2,1H3,(H,17,18,19). The molecule has 2 aromatic heterocycles. The lowest BCUT2D eigenvalue weighted by Crippen LogP contribution is -2.08. The smallest absolute Gasteiger partial charge is 0.184 e. The number of aliphatic hydroxyl groups is 1. The second-order valence-electron chi connectivity index (χ2n) is 5.17. The Bertz CT molecular complexity index is 802. The Labute approximate surface area is 132 Å². The van der Waals surface area contributed by atoms with Crippen molar-refractivity contribution in [2.24, 2.45) is 0 Å². The molecule has 2 heterocycles. The van der Waals surface area contributed by atoms with Crippen molar-refractivity contribution in [2.75, 3.05) is 18.5 Å². The van der Waals surface area contributed by atoms with E-state index in [1.165, 1.54) is 12.1 Å². The number of benzene rings is 1. The highest BCUT2D eigenvalue weighted by Gasteiger charge is 2.13. The molecule has 0 unspecified atom stereocenters. The lowest BCUT2D eigenvalue weighted by molar-refractivity contribution is 0.292. The van der Waals surface area contributed by atoms with Crippen molar-refractivity contribution in [1.82, 2.24) is 25.0 Å². The molecule has 2 N–H and O–H groups in total. The molecular weight excluding hydrogens is 299 g/mol. The Balaban J connectivity index is 1.91. The van der Waals surface area contributed by atoms with E-state index in [-0.39, 0.29) is 12.4 Å². The minimum Gasteiger partial charge on any atom is -0.396 e. The van der Waals surface area contributed by atoms with E-state index in [2.05, 4.69) is 25.6 Å². The van der Waals surface area contributed by atoms with Gasteiger partial charge < -0.3 is 10.4 Å². The summed E-state index contributed by atoms with van der Waals surface area (Å²) in [5, 5.41) is 20.3. The van der Waals surface area contributed by atoms with Gasteiger partial charge in [-0.1, -0.05) is 17.3 Å². The molecular formula is C15H17FN6O. The van der Waals surface area contributed by atoms with Gasteiger partial charge in [-0.15, -0.1) is 5.10 Å². The quantitative estimate of drug-likeness (QED) is 0.670. The summed E-state index contributed by atoms with van der Waals surface area (Å²) in [6.45, 7) is 2.94. The Kier molecular flexibility index (Phi) is 4.42. The number of nitrogens with zero attached hydrogens (tertiary/aromatic N) is 5. The molecule has 0 atom stereocenters. The maximum atomic E-state index is 13.0.